The highest BCUT2D eigenvalue weighted by atomic mass is 31.1. The van der Waals surface area contributed by atoms with Gasteiger partial charge in [-0.25, -0.2) is 0 Å². The fraction of sp³-hybridized carbons (Fsp3) is 1.00. The standard InChI is InChI=1S/C4H9P/c1-2-4-3-5-4/h4-5H,2-3H2,1H3/t4-/m0/s1. The molecule has 0 bridgehead atoms. The zero-order valence-electron chi connectivity index (χ0n) is 3.49. The second-order valence-corrected chi connectivity index (χ2v) is 3.15. The summed E-state index contributed by atoms with van der Waals surface area (Å²) in [5.74, 6) is 0. The average Bonchev–Trinajstić information content (AvgIpc) is 2.12. The van der Waals surface area contributed by atoms with Crippen molar-refractivity contribution in [3.05, 3.63) is 0 Å². The minimum absolute atomic E-state index is 1.16. The van der Waals surface area contributed by atoms with E-state index >= 15 is 0 Å². The second kappa shape index (κ2) is 1.26. The van der Waals surface area contributed by atoms with Crippen LogP contribution in [0, 0.1) is 0 Å². The van der Waals surface area contributed by atoms with Crippen LogP contribution in [0.5, 0.6) is 0 Å². The van der Waals surface area contributed by atoms with E-state index in [1.54, 1.807) is 0 Å². The number of rotatable bonds is 1. The van der Waals surface area contributed by atoms with Crippen LogP contribution in [0.15, 0.2) is 0 Å². The van der Waals surface area contributed by atoms with Crippen molar-refractivity contribution in [2.75, 3.05) is 6.16 Å². The van der Waals surface area contributed by atoms with Crippen LogP contribution in [0.1, 0.15) is 13.3 Å². The Morgan fingerprint density at radius 1 is 2.00 bits per heavy atom. The van der Waals surface area contributed by atoms with Gasteiger partial charge in [-0.15, -0.1) is 8.58 Å². The predicted octanol–water partition coefficient (Wildman–Crippen LogP) is 1.46. The van der Waals surface area contributed by atoms with Crippen LogP contribution in [0.4, 0.5) is 0 Å². The monoisotopic (exact) mass is 88.0 g/mol. The molecule has 2 atom stereocenters. The van der Waals surface area contributed by atoms with E-state index < -0.39 is 0 Å². The molecule has 0 aromatic rings. The first-order chi connectivity index (χ1) is 2.43. The first-order valence-electron chi connectivity index (χ1n) is 2.17. The molecule has 0 nitrogen and oxygen atoms in total. The summed E-state index contributed by atoms with van der Waals surface area (Å²) in [7, 11) is 1.32. The predicted molar refractivity (Wildman–Crippen MR) is 27.3 cm³/mol. The Hall–Kier alpha value is 0.430. The molecule has 1 heterocycles. The fourth-order valence-corrected chi connectivity index (χ4v) is 1.12. The molecule has 1 fully saturated rings. The van der Waals surface area contributed by atoms with Crippen LogP contribution in [0.25, 0.3) is 0 Å². The van der Waals surface area contributed by atoms with Crippen molar-refractivity contribution in [2.45, 2.75) is 19.0 Å². The molecule has 0 saturated carbocycles. The highest BCUT2D eigenvalue weighted by molar-refractivity contribution is 7.47. The molecule has 0 aromatic carbocycles. The summed E-state index contributed by atoms with van der Waals surface area (Å²) in [6.45, 7) is 2.27. The van der Waals surface area contributed by atoms with E-state index in [1.165, 1.54) is 21.2 Å². The molecule has 1 saturated heterocycles. The molecule has 1 aliphatic rings. The Bertz CT molecular complexity index is 30.6. The minimum atomic E-state index is 1.16. The van der Waals surface area contributed by atoms with E-state index in [4.69, 9.17) is 0 Å². The van der Waals surface area contributed by atoms with Crippen LogP contribution in [-0.4, -0.2) is 11.8 Å². The zero-order chi connectivity index (χ0) is 3.70. The number of hydrogen-bond donors (Lipinski definition) is 0. The summed E-state index contributed by atoms with van der Waals surface area (Å²) in [6.07, 6.45) is 2.97. The molecular formula is C4H9P. The van der Waals surface area contributed by atoms with Gasteiger partial charge in [0.25, 0.3) is 0 Å². The van der Waals surface area contributed by atoms with Crippen molar-refractivity contribution >= 4 is 8.58 Å². The highest BCUT2D eigenvalue weighted by Gasteiger charge is 2.17. The lowest BCUT2D eigenvalue weighted by Crippen LogP contribution is -1.70. The Balaban J connectivity index is 2.00. The molecule has 1 rings (SSSR count). The van der Waals surface area contributed by atoms with Crippen molar-refractivity contribution < 1.29 is 0 Å². The summed E-state index contributed by atoms with van der Waals surface area (Å²) < 4.78 is 0. The molecule has 1 unspecified atom stereocenters. The average molecular weight is 88.1 g/mol. The number of hydrogen-bond acceptors (Lipinski definition) is 0. The topological polar surface area (TPSA) is 0 Å². The summed E-state index contributed by atoms with van der Waals surface area (Å²) in [4.78, 5) is 0. The van der Waals surface area contributed by atoms with E-state index in [0.717, 1.165) is 5.66 Å². The van der Waals surface area contributed by atoms with E-state index in [0.29, 0.717) is 0 Å². The lowest BCUT2D eigenvalue weighted by molar-refractivity contribution is 0.980. The van der Waals surface area contributed by atoms with Crippen molar-refractivity contribution in [3.63, 3.8) is 0 Å². The van der Waals surface area contributed by atoms with Crippen molar-refractivity contribution in [2.24, 2.45) is 0 Å². The molecule has 0 radical (unpaired) electrons. The summed E-state index contributed by atoms with van der Waals surface area (Å²) in [6, 6.07) is 0. The summed E-state index contributed by atoms with van der Waals surface area (Å²) >= 11 is 0. The maximum atomic E-state index is 2.27. The van der Waals surface area contributed by atoms with Crippen molar-refractivity contribution in [1.82, 2.24) is 0 Å². The smallest absolute Gasteiger partial charge is 0.0202 e. The van der Waals surface area contributed by atoms with Gasteiger partial charge in [0.2, 0.25) is 0 Å². The maximum Gasteiger partial charge on any atom is -0.0202 e. The normalized spacial score (nSPS) is 39.0. The van der Waals surface area contributed by atoms with E-state index in [2.05, 4.69) is 6.92 Å². The van der Waals surface area contributed by atoms with Crippen molar-refractivity contribution in [3.8, 4) is 0 Å². The summed E-state index contributed by atoms with van der Waals surface area (Å²) in [5.41, 5.74) is 1.16. The third-order valence-corrected chi connectivity index (χ3v) is 2.38. The molecule has 0 amide bonds. The van der Waals surface area contributed by atoms with Gasteiger partial charge in [-0.2, -0.15) is 0 Å². The van der Waals surface area contributed by atoms with E-state index in [9.17, 15) is 0 Å². The van der Waals surface area contributed by atoms with Gasteiger partial charge in [0, 0.05) is 0 Å². The molecule has 5 heavy (non-hydrogen) atoms. The van der Waals surface area contributed by atoms with E-state index in [-0.39, 0.29) is 0 Å². The molecule has 0 N–H and O–H groups in total. The van der Waals surface area contributed by atoms with Gasteiger partial charge in [0.1, 0.15) is 0 Å². The molecule has 0 spiro atoms. The molecule has 0 aliphatic carbocycles. The first-order valence-corrected chi connectivity index (χ1v) is 3.45. The molecule has 1 aliphatic heterocycles. The largest absolute Gasteiger partial charge is 0.118 e. The maximum absolute atomic E-state index is 2.27. The van der Waals surface area contributed by atoms with Crippen LogP contribution >= 0.6 is 8.58 Å². The minimum Gasteiger partial charge on any atom is -0.118 e. The lowest BCUT2D eigenvalue weighted by Gasteiger charge is -1.72. The van der Waals surface area contributed by atoms with Gasteiger partial charge in [-0.3, -0.25) is 0 Å². The molecular weight excluding hydrogens is 79.0 g/mol. The Labute approximate surface area is 34.7 Å². The molecule has 0 aromatic heterocycles. The van der Waals surface area contributed by atoms with Gasteiger partial charge in [-0.1, -0.05) is 6.92 Å². The van der Waals surface area contributed by atoms with Crippen LogP contribution in [-0.2, 0) is 0 Å². The van der Waals surface area contributed by atoms with Gasteiger partial charge in [0.05, 0.1) is 0 Å². The molecule has 1 heteroatoms. The van der Waals surface area contributed by atoms with Gasteiger partial charge in [-0.05, 0) is 18.2 Å². The van der Waals surface area contributed by atoms with Gasteiger partial charge in [0.15, 0.2) is 0 Å². The Morgan fingerprint density at radius 2 is 2.60 bits per heavy atom. The van der Waals surface area contributed by atoms with Crippen LogP contribution in [0.3, 0.4) is 0 Å². The second-order valence-electron chi connectivity index (χ2n) is 1.51. The SMILES string of the molecule is CC[C@H]1CP1. The zero-order valence-corrected chi connectivity index (χ0v) is 4.49. The highest BCUT2D eigenvalue weighted by Crippen LogP contribution is 2.40. The van der Waals surface area contributed by atoms with Gasteiger partial charge >= 0.3 is 0 Å². The van der Waals surface area contributed by atoms with E-state index in [1.807, 2.05) is 0 Å². The Kier molecular flexibility index (Phi) is 0.911. The quantitative estimate of drug-likeness (QED) is 0.425. The summed E-state index contributed by atoms with van der Waals surface area (Å²) in [5, 5.41) is 0. The Morgan fingerprint density at radius 3 is 2.60 bits per heavy atom. The third kappa shape index (κ3) is 0.887. The third-order valence-electron chi connectivity index (χ3n) is 0.986. The van der Waals surface area contributed by atoms with Crippen LogP contribution < -0.4 is 0 Å². The fourth-order valence-electron chi connectivity index (χ4n) is 0.372. The van der Waals surface area contributed by atoms with Crippen molar-refractivity contribution in [1.29, 1.82) is 0 Å². The molecule has 30 valence electrons. The lowest BCUT2D eigenvalue weighted by atomic mass is 10.4. The van der Waals surface area contributed by atoms with Gasteiger partial charge < -0.3 is 0 Å². The first kappa shape index (κ1) is 3.61. The van der Waals surface area contributed by atoms with Crippen LogP contribution in [0.2, 0.25) is 0 Å².